The summed E-state index contributed by atoms with van der Waals surface area (Å²) in [5.74, 6) is 0.786. The molecule has 6 heteroatoms. The van der Waals surface area contributed by atoms with E-state index < -0.39 is 0 Å². The second-order valence-corrected chi connectivity index (χ2v) is 7.00. The van der Waals surface area contributed by atoms with Crippen molar-refractivity contribution in [2.75, 3.05) is 13.1 Å². The lowest BCUT2D eigenvalue weighted by atomic mass is 9.99. The van der Waals surface area contributed by atoms with Crippen LogP contribution >= 0.6 is 0 Å². The van der Waals surface area contributed by atoms with Crippen molar-refractivity contribution in [3.8, 4) is 0 Å². The quantitative estimate of drug-likeness (QED) is 0.850. The van der Waals surface area contributed by atoms with Gasteiger partial charge in [0.25, 0.3) is 0 Å². The molecule has 1 aromatic heterocycles. The predicted molar refractivity (Wildman–Crippen MR) is 99.7 cm³/mol. The van der Waals surface area contributed by atoms with Crippen LogP contribution in [0.2, 0.25) is 0 Å². The smallest absolute Gasteiger partial charge is 0.337 e. The Kier molecular flexibility index (Phi) is 4.73. The first-order valence-electron chi connectivity index (χ1n) is 9.41. The van der Waals surface area contributed by atoms with Crippen molar-refractivity contribution in [3.63, 3.8) is 0 Å². The van der Waals surface area contributed by atoms with Crippen LogP contribution in [0.4, 0.5) is 0 Å². The van der Waals surface area contributed by atoms with Crippen molar-refractivity contribution >= 4 is 11.5 Å². The van der Waals surface area contributed by atoms with Gasteiger partial charge >= 0.3 is 5.69 Å². The minimum atomic E-state index is -0.146. The van der Waals surface area contributed by atoms with Gasteiger partial charge in [-0.2, -0.15) is 5.10 Å². The van der Waals surface area contributed by atoms with Gasteiger partial charge in [-0.25, -0.2) is 9.48 Å². The number of aromatic nitrogens is 3. The lowest BCUT2D eigenvalue weighted by Gasteiger charge is -2.26. The minimum Gasteiger partial charge on any atom is -0.337 e. The zero-order chi connectivity index (χ0) is 17.9. The Hall–Kier alpha value is -2.63. The molecule has 0 unspecified atom stereocenters. The van der Waals surface area contributed by atoms with Gasteiger partial charge in [0.2, 0.25) is 5.91 Å². The molecule has 2 aromatic rings. The highest BCUT2D eigenvalue weighted by molar-refractivity contribution is 5.78. The molecule has 0 spiro atoms. The molecule has 0 saturated heterocycles. The molecule has 4 rings (SSSR count). The van der Waals surface area contributed by atoms with Crippen molar-refractivity contribution in [1.29, 1.82) is 0 Å². The Bertz CT molecular complexity index is 879. The molecule has 1 aromatic carbocycles. The molecule has 0 bridgehead atoms. The molecule has 26 heavy (non-hydrogen) atoms. The fourth-order valence-corrected chi connectivity index (χ4v) is 3.77. The fraction of sp³-hybridized carbons (Fsp3) is 0.450. The molecule has 0 atom stereocenters. The highest BCUT2D eigenvalue weighted by Gasteiger charge is 2.21. The molecule has 0 N–H and O–H groups in total. The lowest BCUT2D eigenvalue weighted by Crippen LogP contribution is -2.39. The van der Waals surface area contributed by atoms with Crippen LogP contribution in [0.5, 0.6) is 0 Å². The summed E-state index contributed by atoms with van der Waals surface area (Å²) in [6.07, 6.45) is 6.97. The second-order valence-electron chi connectivity index (χ2n) is 7.00. The maximum Gasteiger partial charge on any atom is 0.346 e. The summed E-state index contributed by atoms with van der Waals surface area (Å²) in [6, 6.07) is 10.3. The summed E-state index contributed by atoms with van der Waals surface area (Å²) in [6.45, 7) is 2.02. The van der Waals surface area contributed by atoms with E-state index in [1.165, 1.54) is 15.8 Å². The SMILES string of the molecule is O=C(Cn1nc2n(c1=O)CCCCC2)N1CC=C(c2ccccc2)CC1. The van der Waals surface area contributed by atoms with Gasteiger partial charge in [-0.3, -0.25) is 9.36 Å². The second kappa shape index (κ2) is 7.32. The summed E-state index contributed by atoms with van der Waals surface area (Å²) in [4.78, 5) is 26.9. The first-order valence-corrected chi connectivity index (χ1v) is 9.41. The van der Waals surface area contributed by atoms with Crippen LogP contribution in [0.15, 0.2) is 41.2 Å². The third-order valence-electron chi connectivity index (χ3n) is 5.27. The number of benzene rings is 1. The van der Waals surface area contributed by atoms with E-state index in [1.54, 1.807) is 4.57 Å². The number of carbonyl (C=O) groups excluding carboxylic acids is 1. The van der Waals surface area contributed by atoms with Crippen LogP contribution in [0.1, 0.15) is 37.1 Å². The topological polar surface area (TPSA) is 60.1 Å². The van der Waals surface area contributed by atoms with Gasteiger partial charge in [0.15, 0.2) is 0 Å². The molecule has 1 amide bonds. The summed E-state index contributed by atoms with van der Waals surface area (Å²) >= 11 is 0. The molecule has 136 valence electrons. The van der Waals surface area contributed by atoms with Crippen molar-refractivity contribution in [1.82, 2.24) is 19.2 Å². The average molecular weight is 352 g/mol. The Morgan fingerprint density at radius 1 is 1.04 bits per heavy atom. The van der Waals surface area contributed by atoms with Gasteiger partial charge in [0.1, 0.15) is 12.4 Å². The number of carbonyl (C=O) groups is 1. The number of aryl methyl sites for hydroxylation is 1. The van der Waals surface area contributed by atoms with Crippen LogP contribution in [0, 0.1) is 0 Å². The number of fused-ring (bicyclic) bond motifs is 1. The van der Waals surface area contributed by atoms with Crippen LogP contribution in [-0.2, 0) is 24.3 Å². The van der Waals surface area contributed by atoms with Crippen molar-refractivity contribution in [3.05, 3.63) is 58.3 Å². The van der Waals surface area contributed by atoms with Crippen LogP contribution in [0.3, 0.4) is 0 Å². The van der Waals surface area contributed by atoms with Crippen molar-refractivity contribution in [2.24, 2.45) is 0 Å². The Balaban J connectivity index is 1.44. The number of nitrogens with zero attached hydrogens (tertiary/aromatic N) is 4. The third-order valence-corrected chi connectivity index (χ3v) is 5.27. The third kappa shape index (κ3) is 3.36. The first-order chi connectivity index (χ1) is 12.7. The average Bonchev–Trinajstić information content (AvgIpc) is 2.85. The minimum absolute atomic E-state index is 0.0351. The Morgan fingerprint density at radius 3 is 2.65 bits per heavy atom. The van der Waals surface area contributed by atoms with E-state index in [-0.39, 0.29) is 18.1 Å². The molecule has 2 aliphatic heterocycles. The van der Waals surface area contributed by atoms with E-state index in [9.17, 15) is 9.59 Å². The molecule has 0 saturated carbocycles. The predicted octanol–water partition coefficient (Wildman–Crippen LogP) is 2.09. The van der Waals surface area contributed by atoms with Gasteiger partial charge in [-0.15, -0.1) is 0 Å². The van der Waals surface area contributed by atoms with E-state index in [0.717, 1.165) is 44.5 Å². The monoisotopic (exact) mass is 352 g/mol. The molecule has 0 radical (unpaired) electrons. The Morgan fingerprint density at radius 2 is 1.88 bits per heavy atom. The zero-order valence-electron chi connectivity index (χ0n) is 14.9. The van der Waals surface area contributed by atoms with E-state index in [0.29, 0.717) is 13.1 Å². The van der Waals surface area contributed by atoms with Gasteiger partial charge in [0, 0.05) is 26.1 Å². The highest BCUT2D eigenvalue weighted by Crippen LogP contribution is 2.22. The molecule has 6 nitrogen and oxygen atoms in total. The summed E-state index contributed by atoms with van der Waals surface area (Å²) in [5, 5.41) is 4.41. The maximum atomic E-state index is 12.6. The van der Waals surface area contributed by atoms with Gasteiger partial charge in [-0.1, -0.05) is 42.8 Å². The highest BCUT2D eigenvalue weighted by atomic mass is 16.2. The molecule has 0 aliphatic carbocycles. The first kappa shape index (κ1) is 16.8. The number of amides is 1. The fourth-order valence-electron chi connectivity index (χ4n) is 3.77. The van der Waals surface area contributed by atoms with Crippen LogP contribution in [-0.4, -0.2) is 38.2 Å². The molecular formula is C20H24N4O2. The Labute approximate surface area is 152 Å². The van der Waals surface area contributed by atoms with Crippen molar-refractivity contribution < 1.29 is 4.79 Å². The van der Waals surface area contributed by atoms with E-state index in [2.05, 4.69) is 23.3 Å². The number of rotatable bonds is 3. The van der Waals surface area contributed by atoms with Gasteiger partial charge < -0.3 is 4.90 Å². The van der Waals surface area contributed by atoms with Crippen LogP contribution < -0.4 is 5.69 Å². The standard InChI is InChI=1S/C20H24N4O2/c25-19(15-24-20(26)23-12-6-2-5-9-18(23)21-24)22-13-10-17(11-14-22)16-7-3-1-4-8-16/h1,3-4,7-8,10H,2,5-6,9,11-15H2. The normalized spacial score (nSPS) is 17.4. The van der Waals surface area contributed by atoms with E-state index >= 15 is 0 Å². The number of hydrogen-bond donors (Lipinski definition) is 0. The summed E-state index contributed by atoms with van der Waals surface area (Å²) in [7, 11) is 0. The molecule has 2 aliphatic rings. The largest absolute Gasteiger partial charge is 0.346 e. The molecular weight excluding hydrogens is 328 g/mol. The van der Waals surface area contributed by atoms with Gasteiger partial charge in [0.05, 0.1) is 0 Å². The van der Waals surface area contributed by atoms with Crippen LogP contribution in [0.25, 0.3) is 5.57 Å². The zero-order valence-corrected chi connectivity index (χ0v) is 14.9. The summed E-state index contributed by atoms with van der Waals surface area (Å²) < 4.78 is 3.09. The van der Waals surface area contributed by atoms with E-state index in [4.69, 9.17) is 0 Å². The van der Waals surface area contributed by atoms with Crippen molar-refractivity contribution in [2.45, 2.75) is 45.2 Å². The lowest BCUT2D eigenvalue weighted by molar-refractivity contribution is -0.131. The van der Waals surface area contributed by atoms with Gasteiger partial charge in [-0.05, 0) is 30.4 Å². The maximum absolute atomic E-state index is 12.6. The van der Waals surface area contributed by atoms with E-state index in [1.807, 2.05) is 23.1 Å². The summed E-state index contributed by atoms with van der Waals surface area (Å²) in [5.41, 5.74) is 2.35. The number of hydrogen-bond acceptors (Lipinski definition) is 3. The molecule has 3 heterocycles. The molecule has 0 fully saturated rings.